The van der Waals surface area contributed by atoms with E-state index in [2.05, 4.69) is 0 Å². The standard InChI is InChI=1S/C10H16N2O8.C10H6O2.C2H8N2/c13-7(14)3-11(4-8(15)16)1-2-12(5-9(17)18)6-10(19)20;11-9-5-6-10(12)8-4-2-1-3-7(8)9;3-1-2-4/h1-6H2,(H,13,14)(H,15,16)(H,17,18)(H,19,20);1-6H;1-4H2. The average Bonchev–Trinajstić information content (AvgIpc) is 2.79. The van der Waals surface area contributed by atoms with Gasteiger partial charge in [-0.2, -0.15) is 0 Å². The van der Waals surface area contributed by atoms with Gasteiger partial charge in [0.05, 0.1) is 26.2 Å². The Balaban J connectivity index is 0.000000638. The Bertz CT molecular complexity index is 857. The van der Waals surface area contributed by atoms with E-state index < -0.39 is 50.1 Å². The quantitative estimate of drug-likeness (QED) is 0.187. The van der Waals surface area contributed by atoms with Crippen LogP contribution in [0.1, 0.15) is 20.7 Å². The molecule has 1 aromatic carbocycles. The molecule has 0 saturated carbocycles. The minimum atomic E-state index is -1.23. The Hall–Kier alpha value is -3.98. The fourth-order valence-electron chi connectivity index (χ4n) is 2.72. The first-order valence-corrected chi connectivity index (χ1v) is 10.5. The van der Waals surface area contributed by atoms with Crippen LogP contribution in [0.4, 0.5) is 0 Å². The van der Waals surface area contributed by atoms with Gasteiger partial charge in [-0.15, -0.1) is 0 Å². The third-order valence-electron chi connectivity index (χ3n) is 4.18. The van der Waals surface area contributed by atoms with Gasteiger partial charge in [0.1, 0.15) is 0 Å². The number of aliphatic carboxylic acids is 4. The number of carboxylic acids is 4. The molecule has 0 spiro atoms. The smallest absolute Gasteiger partial charge is 0.317 e. The first-order valence-electron chi connectivity index (χ1n) is 10.5. The zero-order valence-corrected chi connectivity index (χ0v) is 19.4. The fraction of sp³-hybridized carbons (Fsp3) is 0.364. The van der Waals surface area contributed by atoms with Crippen LogP contribution < -0.4 is 11.5 Å². The second kappa shape index (κ2) is 17.5. The van der Waals surface area contributed by atoms with Gasteiger partial charge < -0.3 is 31.9 Å². The topological polar surface area (TPSA) is 242 Å². The Kier molecular flexibility index (Phi) is 15.5. The number of fused-ring (bicyclic) bond motifs is 1. The summed E-state index contributed by atoms with van der Waals surface area (Å²) in [6, 6.07) is 6.84. The summed E-state index contributed by atoms with van der Waals surface area (Å²) in [6.45, 7) is -1.06. The van der Waals surface area contributed by atoms with Crippen molar-refractivity contribution in [2.24, 2.45) is 11.5 Å². The van der Waals surface area contributed by atoms with E-state index in [9.17, 15) is 28.8 Å². The van der Waals surface area contributed by atoms with E-state index in [1.165, 1.54) is 12.2 Å². The summed E-state index contributed by atoms with van der Waals surface area (Å²) in [5.41, 5.74) is 10.8. The van der Waals surface area contributed by atoms with Gasteiger partial charge in [-0.3, -0.25) is 38.6 Å². The molecule has 0 unspecified atom stereocenters. The number of hydrogen-bond acceptors (Lipinski definition) is 10. The molecule has 2 rings (SSSR count). The van der Waals surface area contributed by atoms with Gasteiger partial charge in [-0.05, 0) is 12.2 Å². The molecule has 1 aliphatic carbocycles. The summed E-state index contributed by atoms with van der Waals surface area (Å²) in [5.74, 6) is -5.09. The van der Waals surface area contributed by atoms with Gasteiger partial charge in [0.15, 0.2) is 11.6 Å². The second-order valence-electron chi connectivity index (χ2n) is 7.18. The summed E-state index contributed by atoms with van der Waals surface area (Å²) >= 11 is 0. The third-order valence-corrected chi connectivity index (χ3v) is 4.18. The van der Waals surface area contributed by atoms with Crippen LogP contribution >= 0.6 is 0 Å². The molecule has 0 amide bonds. The maximum atomic E-state index is 11.2. The number of ketones is 2. The summed E-state index contributed by atoms with van der Waals surface area (Å²) in [7, 11) is 0. The number of carboxylic acid groups (broad SMARTS) is 4. The highest BCUT2D eigenvalue weighted by Gasteiger charge is 2.18. The Labute approximate surface area is 206 Å². The number of nitrogens with two attached hydrogens (primary N) is 2. The normalized spacial score (nSPS) is 11.7. The van der Waals surface area contributed by atoms with E-state index in [4.69, 9.17) is 31.9 Å². The molecule has 0 saturated heterocycles. The molecule has 0 aliphatic heterocycles. The number of benzene rings is 1. The van der Waals surface area contributed by atoms with Gasteiger partial charge in [-0.25, -0.2) is 0 Å². The van der Waals surface area contributed by atoms with E-state index in [0.29, 0.717) is 24.2 Å². The second-order valence-corrected chi connectivity index (χ2v) is 7.18. The van der Waals surface area contributed by atoms with Crippen LogP contribution in [0.2, 0.25) is 0 Å². The van der Waals surface area contributed by atoms with Crippen LogP contribution in [0.3, 0.4) is 0 Å². The van der Waals surface area contributed by atoms with Crippen molar-refractivity contribution in [3.63, 3.8) is 0 Å². The van der Waals surface area contributed by atoms with Crippen molar-refractivity contribution < 1.29 is 49.2 Å². The van der Waals surface area contributed by atoms with E-state index in [1.807, 2.05) is 0 Å². The van der Waals surface area contributed by atoms with E-state index in [0.717, 1.165) is 9.80 Å². The SMILES string of the molecule is NCCN.O=C(O)CN(CCN(CC(=O)O)CC(=O)O)CC(=O)O.O=C1C=CC(=O)c2ccccc21. The van der Waals surface area contributed by atoms with Crippen LogP contribution in [-0.2, 0) is 19.2 Å². The lowest BCUT2D eigenvalue weighted by atomic mass is 9.95. The minimum absolute atomic E-state index is 0.0703. The Morgan fingerprint density at radius 1 is 0.611 bits per heavy atom. The number of hydrogen-bond donors (Lipinski definition) is 6. The first-order chi connectivity index (χ1) is 16.9. The Morgan fingerprint density at radius 3 is 1.11 bits per heavy atom. The summed E-state index contributed by atoms with van der Waals surface area (Å²) in [6.07, 6.45) is 2.62. The van der Waals surface area contributed by atoms with Crippen LogP contribution in [0.25, 0.3) is 0 Å². The van der Waals surface area contributed by atoms with Crippen molar-refractivity contribution in [3.8, 4) is 0 Å². The summed E-state index contributed by atoms with van der Waals surface area (Å²) < 4.78 is 0. The summed E-state index contributed by atoms with van der Waals surface area (Å²) in [4.78, 5) is 66.7. The van der Waals surface area contributed by atoms with Crippen molar-refractivity contribution in [1.29, 1.82) is 0 Å². The van der Waals surface area contributed by atoms with Crippen LogP contribution in [0, 0.1) is 0 Å². The molecule has 0 atom stereocenters. The van der Waals surface area contributed by atoms with Crippen molar-refractivity contribution in [1.82, 2.24) is 9.80 Å². The van der Waals surface area contributed by atoms with Gasteiger partial charge in [0, 0.05) is 37.3 Å². The predicted octanol–water partition coefficient (Wildman–Crippen LogP) is -1.55. The molecule has 0 aromatic heterocycles. The van der Waals surface area contributed by atoms with E-state index in [1.54, 1.807) is 24.3 Å². The predicted molar refractivity (Wildman–Crippen MR) is 126 cm³/mol. The first kappa shape index (κ1) is 32.0. The summed E-state index contributed by atoms with van der Waals surface area (Å²) in [5, 5.41) is 34.5. The van der Waals surface area contributed by atoms with E-state index >= 15 is 0 Å². The average molecular weight is 511 g/mol. The molecule has 0 fully saturated rings. The monoisotopic (exact) mass is 510 g/mol. The number of allylic oxidation sites excluding steroid dienone is 2. The zero-order valence-electron chi connectivity index (χ0n) is 19.4. The lowest BCUT2D eigenvalue weighted by Crippen LogP contribution is -2.43. The van der Waals surface area contributed by atoms with Gasteiger partial charge in [0.25, 0.3) is 0 Å². The highest BCUT2D eigenvalue weighted by molar-refractivity contribution is 6.21. The molecule has 0 radical (unpaired) electrons. The molecule has 8 N–H and O–H groups in total. The zero-order chi connectivity index (χ0) is 27.7. The molecular weight excluding hydrogens is 480 g/mol. The lowest BCUT2D eigenvalue weighted by Gasteiger charge is -2.23. The lowest BCUT2D eigenvalue weighted by molar-refractivity contribution is -0.145. The number of nitrogens with zero attached hydrogens (tertiary/aromatic N) is 2. The minimum Gasteiger partial charge on any atom is -0.480 e. The molecule has 14 nitrogen and oxygen atoms in total. The maximum absolute atomic E-state index is 11.2. The number of rotatable bonds is 12. The molecule has 14 heteroatoms. The highest BCUT2D eigenvalue weighted by Crippen LogP contribution is 2.15. The van der Waals surface area contributed by atoms with Crippen molar-refractivity contribution in [3.05, 3.63) is 47.5 Å². The molecule has 1 aromatic rings. The van der Waals surface area contributed by atoms with Crippen molar-refractivity contribution in [2.45, 2.75) is 0 Å². The molecule has 0 bridgehead atoms. The molecule has 1 aliphatic rings. The third kappa shape index (κ3) is 14.3. The Morgan fingerprint density at radius 2 is 0.889 bits per heavy atom. The van der Waals surface area contributed by atoms with Crippen LogP contribution in [-0.4, -0.2) is 118 Å². The largest absolute Gasteiger partial charge is 0.480 e. The van der Waals surface area contributed by atoms with Crippen LogP contribution in [0.15, 0.2) is 36.4 Å². The number of carbonyl (C=O) groups is 6. The molecule has 0 heterocycles. The fourth-order valence-corrected chi connectivity index (χ4v) is 2.72. The molecule has 36 heavy (non-hydrogen) atoms. The van der Waals surface area contributed by atoms with Crippen molar-refractivity contribution >= 4 is 35.4 Å². The number of carbonyl (C=O) groups excluding carboxylic acids is 2. The van der Waals surface area contributed by atoms with Gasteiger partial charge in [-0.1, -0.05) is 24.3 Å². The van der Waals surface area contributed by atoms with Gasteiger partial charge in [0.2, 0.25) is 0 Å². The van der Waals surface area contributed by atoms with Crippen LogP contribution in [0.5, 0.6) is 0 Å². The molecular formula is C22H30N4O10. The van der Waals surface area contributed by atoms with Crippen molar-refractivity contribution in [2.75, 3.05) is 52.4 Å². The maximum Gasteiger partial charge on any atom is 0.317 e. The highest BCUT2D eigenvalue weighted by atomic mass is 16.4. The van der Waals surface area contributed by atoms with E-state index in [-0.39, 0.29) is 24.7 Å². The van der Waals surface area contributed by atoms with Gasteiger partial charge >= 0.3 is 23.9 Å². The molecule has 198 valence electrons.